The first kappa shape index (κ1) is 41.4. The van der Waals surface area contributed by atoms with Crippen LogP contribution in [0.2, 0.25) is 5.04 Å². The second-order valence-electron chi connectivity index (χ2n) is 17.4. The Labute approximate surface area is 357 Å². The van der Waals surface area contributed by atoms with E-state index in [1.807, 2.05) is 75.5 Å². The molecule has 6 aromatic rings. The topological polar surface area (TPSA) is 109 Å². The maximum absolute atomic E-state index is 14.6. The average molecular weight is 837 g/mol. The molecule has 0 aliphatic carbocycles. The van der Waals surface area contributed by atoms with Gasteiger partial charge in [-0.2, -0.15) is 0 Å². The molecule has 2 aliphatic rings. The summed E-state index contributed by atoms with van der Waals surface area (Å²) in [4.78, 5) is 23.7. The second-order valence-corrected chi connectivity index (χ2v) is 23.9. The lowest BCUT2D eigenvalue weighted by Crippen LogP contribution is -2.66. The summed E-state index contributed by atoms with van der Waals surface area (Å²) >= 11 is -1.40. The van der Waals surface area contributed by atoms with Gasteiger partial charge in [0.15, 0.2) is 11.5 Å². The van der Waals surface area contributed by atoms with E-state index in [4.69, 9.17) is 18.9 Å². The lowest BCUT2D eigenvalue weighted by molar-refractivity contribution is 0.0945. The molecule has 1 amide bonds. The third kappa shape index (κ3) is 8.24. The Bertz CT molecular complexity index is 2420. The molecule has 4 aromatic carbocycles. The highest BCUT2D eigenvalue weighted by molar-refractivity contribution is 7.90. The zero-order chi connectivity index (χ0) is 42.1. The van der Waals surface area contributed by atoms with Gasteiger partial charge in [0.1, 0.15) is 10.4 Å². The summed E-state index contributed by atoms with van der Waals surface area (Å²) in [5, 5.41) is 5.29. The number of hydrogen-bond acceptors (Lipinski definition) is 8. The number of hydrogen-bond donors (Lipinski definition) is 1. The molecule has 2 aromatic heterocycles. The van der Waals surface area contributed by atoms with Gasteiger partial charge in [0.05, 0.1) is 18.3 Å². The van der Waals surface area contributed by atoms with Crippen LogP contribution in [0.3, 0.4) is 0 Å². The van der Waals surface area contributed by atoms with Gasteiger partial charge in [-0.1, -0.05) is 112 Å². The Kier molecular flexibility index (Phi) is 11.7. The molecule has 0 radical (unpaired) electrons. The fourth-order valence-corrected chi connectivity index (χ4v) is 14.5. The van der Waals surface area contributed by atoms with Gasteiger partial charge in [-0.15, -0.1) is 4.31 Å². The van der Waals surface area contributed by atoms with Crippen molar-refractivity contribution in [3.05, 3.63) is 156 Å². The molecule has 2 atom stereocenters. The Morgan fingerprint density at radius 3 is 2.18 bits per heavy atom. The minimum atomic E-state index is -2.87. The molecule has 2 aliphatic heterocycles. The van der Waals surface area contributed by atoms with E-state index in [0.29, 0.717) is 42.5 Å². The standard InChI is InChI=1S/C49H52N4O5SSi/c1-48(2,3)59(55)53-32-38-29-41(47(54)51-30-34-22-23-43-44(27-34)57-33-56-43)52-46(36-16-13-15-35(28-36)37-17-14-25-50-31-37)45(38)42(53)24-26-58-60(49(4,5)6,39-18-9-7-10-19-39)40-20-11-8-12-21-40/h7-23,25,27-29,31,42H,24,26,30,32-33H2,1-6H3,(H,51,54). The molecule has 4 heterocycles. The minimum absolute atomic E-state index is 0.179. The van der Waals surface area contributed by atoms with E-state index < -0.39 is 24.4 Å². The number of fused-ring (bicyclic) bond motifs is 2. The van der Waals surface area contributed by atoms with Crippen LogP contribution < -0.4 is 25.2 Å². The predicted molar refractivity (Wildman–Crippen MR) is 241 cm³/mol. The third-order valence-electron chi connectivity index (χ3n) is 11.3. The van der Waals surface area contributed by atoms with Crippen LogP contribution in [0.15, 0.2) is 134 Å². The maximum atomic E-state index is 14.6. The highest BCUT2D eigenvalue weighted by Crippen LogP contribution is 2.46. The molecular weight excluding hydrogens is 785 g/mol. The summed E-state index contributed by atoms with van der Waals surface area (Å²) in [5.41, 5.74) is 6.57. The molecule has 60 heavy (non-hydrogen) atoms. The number of nitrogens with zero attached hydrogens (tertiary/aromatic N) is 3. The SMILES string of the molecule is CC(C)(C)[S+]([O-])N1Cc2cc(C(=O)NCc3ccc4c(c3)OCO4)nc(-c3cccc(-c4cccnc4)c3)c2C1CCO[Si](c1ccccc1)(c1ccccc1)C(C)(C)C. The van der Waals surface area contributed by atoms with Crippen LogP contribution in [0, 0.1) is 0 Å². The van der Waals surface area contributed by atoms with Crippen molar-refractivity contribution >= 4 is 36.0 Å². The minimum Gasteiger partial charge on any atom is -0.597 e. The van der Waals surface area contributed by atoms with Crippen molar-refractivity contribution in [3.63, 3.8) is 0 Å². The molecule has 11 heteroatoms. The highest BCUT2D eigenvalue weighted by atomic mass is 32.2. The van der Waals surface area contributed by atoms with Crippen molar-refractivity contribution in [2.24, 2.45) is 0 Å². The van der Waals surface area contributed by atoms with E-state index in [9.17, 15) is 9.35 Å². The molecule has 2 unspecified atom stereocenters. The van der Waals surface area contributed by atoms with Gasteiger partial charge in [0, 0.05) is 53.6 Å². The Hall–Kier alpha value is -5.30. The van der Waals surface area contributed by atoms with Crippen LogP contribution in [-0.4, -0.2) is 51.2 Å². The summed E-state index contributed by atoms with van der Waals surface area (Å²) < 4.78 is 34.7. The largest absolute Gasteiger partial charge is 0.597 e. The quantitative estimate of drug-likeness (QED) is 0.0964. The van der Waals surface area contributed by atoms with Crippen molar-refractivity contribution in [1.29, 1.82) is 0 Å². The van der Waals surface area contributed by atoms with Crippen molar-refractivity contribution < 1.29 is 23.2 Å². The van der Waals surface area contributed by atoms with Gasteiger partial charge >= 0.3 is 0 Å². The molecular formula is C49H52N4O5SSi. The van der Waals surface area contributed by atoms with E-state index in [2.05, 4.69) is 108 Å². The number of nitrogens with one attached hydrogen (secondary N) is 1. The van der Waals surface area contributed by atoms with Crippen molar-refractivity contribution in [1.82, 2.24) is 19.6 Å². The first-order valence-electron chi connectivity index (χ1n) is 20.5. The molecule has 308 valence electrons. The summed E-state index contributed by atoms with van der Waals surface area (Å²) in [6.07, 6.45) is 4.17. The summed E-state index contributed by atoms with van der Waals surface area (Å²) in [5.74, 6) is 1.04. The normalized spacial score (nSPS) is 15.8. The summed E-state index contributed by atoms with van der Waals surface area (Å²) in [6.45, 7) is 14.1. The molecule has 1 N–H and O–H groups in total. The zero-order valence-corrected chi connectivity index (χ0v) is 36.9. The van der Waals surface area contributed by atoms with Crippen LogP contribution in [0.4, 0.5) is 0 Å². The van der Waals surface area contributed by atoms with Gasteiger partial charge in [-0.25, -0.2) is 4.98 Å². The summed E-state index contributed by atoms with van der Waals surface area (Å²) in [7, 11) is -2.87. The number of aromatic nitrogens is 2. The lowest BCUT2D eigenvalue weighted by Gasteiger charge is -2.43. The van der Waals surface area contributed by atoms with E-state index in [-0.39, 0.29) is 30.3 Å². The fourth-order valence-electron chi connectivity index (χ4n) is 8.47. The zero-order valence-electron chi connectivity index (χ0n) is 35.1. The van der Waals surface area contributed by atoms with Crippen LogP contribution in [0.5, 0.6) is 11.5 Å². The van der Waals surface area contributed by atoms with E-state index in [1.165, 1.54) is 10.4 Å². The fraction of sp³-hybridized carbons (Fsp3) is 0.286. The molecule has 0 bridgehead atoms. The molecule has 0 fully saturated rings. The van der Waals surface area contributed by atoms with Crippen LogP contribution in [-0.2, 0) is 28.9 Å². The van der Waals surface area contributed by atoms with Gasteiger partial charge < -0.3 is 23.8 Å². The predicted octanol–water partition coefficient (Wildman–Crippen LogP) is 8.75. The molecule has 0 spiro atoms. The average Bonchev–Trinajstić information content (AvgIpc) is 3.88. The van der Waals surface area contributed by atoms with E-state index >= 15 is 0 Å². The smallest absolute Gasteiger partial charge is 0.270 e. The number of amides is 1. The van der Waals surface area contributed by atoms with Crippen molar-refractivity contribution in [2.45, 2.75) is 76.9 Å². The molecule has 8 rings (SSSR count). The first-order valence-corrected chi connectivity index (χ1v) is 23.5. The monoisotopic (exact) mass is 836 g/mol. The third-order valence-corrected chi connectivity index (χ3v) is 18.2. The van der Waals surface area contributed by atoms with E-state index in [1.54, 1.807) is 6.20 Å². The molecule has 0 saturated carbocycles. The number of ether oxygens (including phenoxy) is 2. The van der Waals surface area contributed by atoms with Crippen LogP contribution in [0.25, 0.3) is 22.4 Å². The van der Waals surface area contributed by atoms with Gasteiger partial charge in [0.25, 0.3) is 14.2 Å². The lowest BCUT2D eigenvalue weighted by atomic mass is 9.94. The van der Waals surface area contributed by atoms with Crippen LogP contribution >= 0.6 is 0 Å². The van der Waals surface area contributed by atoms with Crippen LogP contribution in [0.1, 0.15) is 81.2 Å². The highest BCUT2D eigenvalue weighted by Gasteiger charge is 2.51. The Morgan fingerprint density at radius 1 is 0.833 bits per heavy atom. The van der Waals surface area contributed by atoms with Gasteiger partial charge in [-0.05, 0) is 89.6 Å². The van der Waals surface area contributed by atoms with E-state index in [0.717, 1.165) is 33.4 Å². The van der Waals surface area contributed by atoms with Crippen molar-refractivity contribution in [3.8, 4) is 33.9 Å². The van der Waals surface area contributed by atoms with Crippen molar-refractivity contribution in [2.75, 3.05) is 13.4 Å². The first-order chi connectivity index (χ1) is 28.8. The number of carbonyl (C=O) groups is 1. The molecule has 0 saturated heterocycles. The van der Waals surface area contributed by atoms with Gasteiger partial charge in [0.2, 0.25) is 6.79 Å². The maximum Gasteiger partial charge on any atom is 0.270 e. The number of benzene rings is 4. The number of pyridine rings is 2. The Balaban J connectivity index is 1.20. The number of carbonyl (C=O) groups excluding carboxylic acids is 1. The Morgan fingerprint density at radius 2 is 1.52 bits per heavy atom. The summed E-state index contributed by atoms with van der Waals surface area (Å²) in [6, 6.07) is 40.7. The number of rotatable bonds is 12. The second kappa shape index (κ2) is 17.0. The van der Waals surface area contributed by atoms with Gasteiger partial charge in [-0.3, -0.25) is 9.78 Å². The molecule has 9 nitrogen and oxygen atoms in total.